The second kappa shape index (κ2) is 7.56. The molecule has 0 heterocycles. The van der Waals surface area contributed by atoms with Crippen LogP contribution in [0.5, 0.6) is 0 Å². The molecule has 2 rings (SSSR count). The molecule has 0 bridgehead atoms. The van der Waals surface area contributed by atoms with Crippen LogP contribution in [0.4, 0.5) is 5.69 Å². The highest BCUT2D eigenvalue weighted by molar-refractivity contribution is 6.40. The fourth-order valence-corrected chi connectivity index (χ4v) is 2.30. The predicted octanol–water partition coefficient (Wildman–Crippen LogP) is 2.06. The summed E-state index contributed by atoms with van der Waals surface area (Å²) in [5, 5.41) is 16.1. The van der Waals surface area contributed by atoms with Crippen molar-refractivity contribution in [2.75, 3.05) is 11.9 Å². The van der Waals surface area contributed by atoms with Crippen LogP contribution in [0.2, 0.25) is 0 Å². The van der Waals surface area contributed by atoms with Crippen LogP contribution in [-0.4, -0.2) is 29.6 Å². The number of anilines is 1. The molecule has 0 fully saturated rings. The summed E-state index contributed by atoms with van der Waals surface area (Å²) in [4.78, 5) is 23.9. The van der Waals surface area contributed by atoms with Crippen LogP contribution < -0.4 is 10.6 Å². The van der Waals surface area contributed by atoms with Crippen LogP contribution in [0.25, 0.3) is 10.8 Å². The van der Waals surface area contributed by atoms with E-state index in [0.29, 0.717) is 18.5 Å². The van der Waals surface area contributed by atoms with Crippen LogP contribution in [-0.2, 0) is 9.59 Å². The second-order valence-electron chi connectivity index (χ2n) is 5.07. The molecule has 2 aromatic carbocycles. The summed E-state index contributed by atoms with van der Waals surface area (Å²) >= 11 is 0. The average molecular weight is 300 g/mol. The van der Waals surface area contributed by atoms with Crippen molar-refractivity contribution < 1.29 is 14.7 Å². The zero-order valence-electron chi connectivity index (χ0n) is 12.5. The van der Waals surface area contributed by atoms with Crippen LogP contribution in [0, 0.1) is 0 Å². The third kappa shape index (κ3) is 3.83. The van der Waals surface area contributed by atoms with Crippen molar-refractivity contribution in [3.63, 3.8) is 0 Å². The molecule has 2 amide bonds. The van der Waals surface area contributed by atoms with Crippen molar-refractivity contribution in [3.05, 3.63) is 42.5 Å². The van der Waals surface area contributed by atoms with Gasteiger partial charge >= 0.3 is 11.8 Å². The van der Waals surface area contributed by atoms with Gasteiger partial charge in [-0.1, -0.05) is 43.3 Å². The van der Waals surface area contributed by atoms with E-state index < -0.39 is 11.8 Å². The minimum absolute atomic E-state index is 0.0241. The molecule has 116 valence electrons. The molecule has 0 saturated heterocycles. The first-order valence-electron chi connectivity index (χ1n) is 7.36. The summed E-state index contributed by atoms with van der Waals surface area (Å²) in [6.07, 6.45) is 1.09. The minimum atomic E-state index is -0.701. The van der Waals surface area contributed by atoms with Gasteiger partial charge in [0.25, 0.3) is 0 Å². The summed E-state index contributed by atoms with van der Waals surface area (Å²) in [5.74, 6) is -1.39. The third-order valence-corrected chi connectivity index (χ3v) is 3.55. The molecule has 0 radical (unpaired) electrons. The minimum Gasteiger partial charge on any atom is -0.396 e. The first kappa shape index (κ1) is 16.0. The first-order valence-corrected chi connectivity index (χ1v) is 7.36. The van der Waals surface area contributed by atoms with Gasteiger partial charge in [0.2, 0.25) is 0 Å². The molecular weight excluding hydrogens is 280 g/mol. The van der Waals surface area contributed by atoms with Gasteiger partial charge in [-0.2, -0.15) is 0 Å². The fraction of sp³-hybridized carbons (Fsp3) is 0.294. The largest absolute Gasteiger partial charge is 0.396 e. The number of hydrogen-bond acceptors (Lipinski definition) is 3. The van der Waals surface area contributed by atoms with E-state index in [0.717, 1.165) is 10.8 Å². The number of benzene rings is 2. The second-order valence-corrected chi connectivity index (χ2v) is 5.07. The molecule has 5 nitrogen and oxygen atoms in total. The van der Waals surface area contributed by atoms with E-state index in [1.807, 2.05) is 43.3 Å². The molecule has 5 heteroatoms. The standard InChI is InChI=1S/C17H20N2O3/c1-2-13(10-11-20)18-16(21)17(22)19-15-9-5-7-12-6-3-4-8-14(12)15/h3-9,13,20H,2,10-11H2,1H3,(H,18,21)(H,19,22). The number of rotatable bonds is 5. The Morgan fingerprint density at radius 1 is 1.09 bits per heavy atom. The zero-order chi connectivity index (χ0) is 15.9. The summed E-state index contributed by atoms with van der Waals surface area (Å²) in [5.41, 5.74) is 0.605. The van der Waals surface area contributed by atoms with Crippen LogP contribution in [0.3, 0.4) is 0 Å². The van der Waals surface area contributed by atoms with E-state index in [-0.39, 0.29) is 12.6 Å². The van der Waals surface area contributed by atoms with Crippen molar-refractivity contribution in [1.29, 1.82) is 0 Å². The molecule has 22 heavy (non-hydrogen) atoms. The Morgan fingerprint density at radius 3 is 2.55 bits per heavy atom. The molecule has 0 aliphatic carbocycles. The van der Waals surface area contributed by atoms with E-state index in [1.54, 1.807) is 6.07 Å². The third-order valence-electron chi connectivity index (χ3n) is 3.55. The number of nitrogens with one attached hydrogen (secondary N) is 2. The van der Waals surface area contributed by atoms with Crippen molar-refractivity contribution in [2.24, 2.45) is 0 Å². The summed E-state index contributed by atoms with van der Waals surface area (Å²) < 4.78 is 0. The quantitative estimate of drug-likeness (QED) is 0.740. The monoisotopic (exact) mass is 300 g/mol. The summed E-state index contributed by atoms with van der Waals surface area (Å²) in [6, 6.07) is 13.0. The van der Waals surface area contributed by atoms with Gasteiger partial charge in [-0.25, -0.2) is 0 Å². The number of carbonyl (C=O) groups is 2. The number of aliphatic hydroxyl groups is 1. The normalized spacial score (nSPS) is 11.9. The molecular formula is C17H20N2O3. The molecule has 2 aromatic rings. The fourth-order valence-electron chi connectivity index (χ4n) is 2.30. The van der Waals surface area contributed by atoms with Crippen molar-refractivity contribution in [1.82, 2.24) is 5.32 Å². The van der Waals surface area contributed by atoms with Crippen molar-refractivity contribution in [3.8, 4) is 0 Å². The highest BCUT2D eigenvalue weighted by Gasteiger charge is 2.18. The summed E-state index contributed by atoms with van der Waals surface area (Å²) in [7, 11) is 0. The Morgan fingerprint density at radius 2 is 1.82 bits per heavy atom. The topological polar surface area (TPSA) is 78.4 Å². The van der Waals surface area contributed by atoms with E-state index in [9.17, 15) is 9.59 Å². The van der Waals surface area contributed by atoms with Gasteiger partial charge in [-0.3, -0.25) is 9.59 Å². The zero-order valence-corrected chi connectivity index (χ0v) is 12.5. The molecule has 0 spiro atoms. The Hall–Kier alpha value is -2.40. The lowest BCUT2D eigenvalue weighted by Crippen LogP contribution is -2.42. The highest BCUT2D eigenvalue weighted by atomic mass is 16.3. The molecule has 0 aromatic heterocycles. The maximum Gasteiger partial charge on any atom is 0.313 e. The van der Waals surface area contributed by atoms with Gasteiger partial charge in [0.15, 0.2) is 0 Å². The average Bonchev–Trinajstić information content (AvgIpc) is 2.54. The number of amides is 2. The Bertz CT molecular complexity index is 665. The van der Waals surface area contributed by atoms with Crippen molar-refractivity contribution >= 4 is 28.3 Å². The van der Waals surface area contributed by atoms with Gasteiger partial charge in [-0.05, 0) is 24.3 Å². The first-order chi connectivity index (χ1) is 10.7. The van der Waals surface area contributed by atoms with Crippen LogP contribution in [0.15, 0.2) is 42.5 Å². The highest BCUT2D eigenvalue weighted by Crippen LogP contribution is 2.22. The van der Waals surface area contributed by atoms with E-state index in [1.165, 1.54) is 0 Å². The lowest BCUT2D eigenvalue weighted by Gasteiger charge is -2.15. The maximum absolute atomic E-state index is 12.0. The van der Waals surface area contributed by atoms with Gasteiger partial charge in [0, 0.05) is 23.7 Å². The van der Waals surface area contributed by atoms with Gasteiger partial charge in [0.1, 0.15) is 0 Å². The number of hydrogen-bond donors (Lipinski definition) is 3. The molecule has 0 aliphatic heterocycles. The van der Waals surface area contributed by atoms with Gasteiger partial charge in [0.05, 0.1) is 0 Å². The lowest BCUT2D eigenvalue weighted by atomic mass is 10.1. The van der Waals surface area contributed by atoms with Crippen LogP contribution in [0.1, 0.15) is 19.8 Å². The van der Waals surface area contributed by atoms with E-state index in [2.05, 4.69) is 10.6 Å². The lowest BCUT2D eigenvalue weighted by molar-refractivity contribution is -0.136. The molecule has 0 aliphatic rings. The van der Waals surface area contributed by atoms with Gasteiger partial charge in [-0.15, -0.1) is 0 Å². The van der Waals surface area contributed by atoms with E-state index >= 15 is 0 Å². The SMILES string of the molecule is CCC(CCO)NC(=O)C(=O)Nc1cccc2ccccc12. The van der Waals surface area contributed by atoms with Gasteiger partial charge < -0.3 is 15.7 Å². The van der Waals surface area contributed by atoms with Crippen LogP contribution >= 0.6 is 0 Å². The number of carbonyl (C=O) groups excluding carboxylic acids is 2. The Labute approximate surface area is 129 Å². The smallest absolute Gasteiger partial charge is 0.313 e. The maximum atomic E-state index is 12.0. The summed E-state index contributed by atoms with van der Waals surface area (Å²) in [6.45, 7) is 1.87. The Kier molecular flexibility index (Phi) is 5.49. The predicted molar refractivity (Wildman–Crippen MR) is 86.5 cm³/mol. The molecule has 1 atom stereocenters. The Balaban J connectivity index is 2.09. The number of fused-ring (bicyclic) bond motifs is 1. The molecule has 1 unspecified atom stereocenters. The molecule has 3 N–H and O–H groups in total. The van der Waals surface area contributed by atoms with Crippen molar-refractivity contribution in [2.45, 2.75) is 25.8 Å². The number of aliphatic hydroxyl groups excluding tert-OH is 1. The van der Waals surface area contributed by atoms with E-state index in [4.69, 9.17) is 5.11 Å². The molecule has 0 saturated carbocycles.